The van der Waals surface area contributed by atoms with Gasteiger partial charge in [0.25, 0.3) is 0 Å². The molecule has 0 saturated carbocycles. The molecule has 0 atom stereocenters. The van der Waals surface area contributed by atoms with Gasteiger partial charge in [-0.2, -0.15) is 8.78 Å². The molecule has 2 aromatic rings. The minimum atomic E-state index is -3.04. The Morgan fingerprint density at radius 1 is 1.15 bits per heavy atom. The van der Waals surface area contributed by atoms with Crippen molar-refractivity contribution < 1.29 is 27.8 Å². The van der Waals surface area contributed by atoms with Gasteiger partial charge in [-0.3, -0.25) is 0 Å². The fourth-order valence-corrected chi connectivity index (χ4v) is 2.80. The predicted octanol–water partition coefficient (Wildman–Crippen LogP) is 4.26. The molecule has 0 saturated heterocycles. The van der Waals surface area contributed by atoms with E-state index in [2.05, 4.69) is 9.73 Å². The molecule has 0 aliphatic carbocycles. The summed E-state index contributed by atoms with van der Waals surface area (Å²) < 4.78 is 40.3. The molecule has 1 heterocycles. The van der Waals surface area contributed by atoms with E-state index in [4.69, 9.17) is 9.47 Å². The van der Waals surface area contributed by atoms with E-state index in [1.165, 1.54) is 25.3 Å². The molecule has 5 nitrogen and oxygen atoms in total. The molecule has 140 valence electrons. The van der Waals surface area contributed by atoms with Gasteiger partial charge < -0.3 is 14.2 Å². The van der Waals surface area contributed by atoms with Crippen LogP contribution in [0.3, 0.4) is 0 Å². The Balaban J connectivity index is 2.02. The first-order valence-corrected chi connectivity index (χ1v) is 8.10. The normalized spacial score (nSPS) is 15.1. The highest BCUT2D eigenvalue weighted by Crippen LogP contribution is 2.34. The highest BCUT2D eigenvalue weighted by molar-refractivity contribution is 6.13. The molecule has 7 heteroatoms. The number of para-hydroxylation sites is 1. The molecule has 0 amide bonds. The third kappa shape index (κ3) is 4.13. The lowest BCUT2D eigenvalue weighted by Crippen LogP contribution is -2.06. The van der Waals surface area contributed by atoms with E-state index in [1.807, 2.05) is 32.0 Å². The van der Waals surface area contributed by atoms with E-state index in [0.717, 1.165) is 11.1 Å². The summed E-state index contributed by atoms with van der Waals surface area (Å²) in [5.74, 6) is -0.563. The van der Waals surface area contributed by atoms with Crippen LogP contribution in [-0.4, -0.2) is 25.6 Å². The van der Waals surface area contributed by atoms with Gasteiger partial charge in [0.15, 0.2) is 17.2 Å². The van der Waals surface area contributed by atoms with Crippen molar-refractivity contribution in [3.8, 4) is 11.5 Å². The maximum atomic E-state index is 12.7. The fraction of sp³-hybridized carbons (Fsp3) is 0.200. The van der Waals surface area contributed by atoms with Gasteiger partial charge in [0.2, 0.25) is 5.90 Å². The molecule has 27 heavy (non-hydrogen) atoms. The monoisotopic (exact) mass is 373 g/mol. The summed E-state index contributed by atoms with van der Waals surface area (Å²) in [6.45, 7) is 0.812. The molecule has 1 aliphatic rings. The van der Waals surface area contributed by atoms with Gasteiger partial charge in [0.05, 0.1) is 7.11 Å². The number of alkyl halides is 2. The second-order valence-corrected chi connectivity index (χ2v) is 5.97. The number of cyclic esters (lactones) is 1. The Morgan fingerprint density at radius 2 is 1.85 bits per heavy atom. The molecule has 0 spiro atoms. The van der Waals surface area contributed by atoms with Gasteiger partial charge >= 0.3 is 12.6 Å². The molecule has 0 bridgehead atoms. The van der Waals surface area contributed by atoms with Crippen LogP contribution >= 0.6 is 0 Å². The number of halogens is 2. The molecule has 0 N–H and O–H groups in total. The molecule has 0 unspecified atom stereocenters. The van der Waals surface area contributed by atoms with Crippen LogP contribution in [0.2, 0.25) is 0 Å². The molecule has 0 aromatic heterocycles. The van der Waals surface area contributed by atoms with Crippen LogP contribution in [0.25, 0.3) is 6.08 Å². The van der Waals surface area contributed by atoms with E-state index >= 15 is 0 Å². The van der Waals surface area contributed by atoms with Crippen molar-refractivity contribution >= 4 is 17.9 Å². The first-order chi connectivity index (χ1) is 12.9. The average Bonchev–Trinajstić information content (AvgIpc) is 2.96. The zero-order valence-corrected chi connectivity index (χ0v) is 15.0. The number of esters is 1. The number of aliphatic imine (C=N–C) groups is 1. The van der Waals surface area contributed by atoms with Gasteiger partial charge in [-0.15, -0.1) is 0 Å². The zero-order chi connectivity index (χ0) is 19.6. The molecule has 3 rings (SSSR count). The van der Waals surface area contributed by atoms with Gasteiger partial charge in [-0.1, -0.05) is 29.3 Å². The summed E-state index contributed by atoms with van der Waals surface area (Å²) in [6, 6.07) is 10.3. The SMILES string of the molecule is COc1cccc(/C=C2\N=C(c3cc(C)cc(C)c3)OC2=O)c1OC(F)F. The highest BCUT2D eigenvalue weighted by atomic mass is 19.3. The largest absolute Gasteiger partial charge is 0.493 e. The second-order valence-electron chi connectivity index (χ2n) is 5.97. The van der Waals surface area contributed by atoms with Crippen LogP contribution in [0.4, 0.5) is 8.78 Å². The average molecular weight is 373 g/mol. The Hall–Kier alpha value is -3.22. The Bertz CT molecular complexity index is 931. The Kier molecular flexibility index (Phi) is 5.21. The van der Waals surface area contributed by atoms with E-state index in [9.17, 15) is 13.6 Å². The number of ether oxygens (including phenoxy) is 3. The van der Waals surface area contributed by atoms with E-state index in [0.29, 0.717) is 5.56 Å². The third-order valence-electron chi connectivity index (χ3n) is 3.82. The number of carbonyl (C=O) groups excluding carboxylic acids is 1. The van der Waals surface area contributed by atoms with E-state index < -0.39 is 12.6 Å². The molecule has 0 fully saturated rings. The summed E-state index contributed by atoms with van der Waals surface area (Å²) in [6.07, 6.45) is 1.33. The molecule has 2 aromatic carbocycles. The van der Waals surface area contributed by atoms with Crippen LogP contribution in [0.5, 0.6) is 11.5 Å². The smallest absolute Gasteiger partial charge is 0.387 e. The van der Waals surface area contributed by atoms with Crippen LogP contribution < -0.4 is 9.47 Å². The number of nitrogens with zero attached hydrogens (tertiary/aromatic N) is 1. The van der Waals surface area contributed by atoms with Crippen LogP contribution in [0.15, 0.2) is 47.1 Å². The fourth-order valence-electron chi connectivity index (χ4n) is 2.80. The lowest BCUT2D eigenvalue weighted by atomic mass is 10.1. The third-order valence-corrected chi connectivity index (χ3v) is 3.82. The quantitative estimate of drug-likeness (QED) is 0.581. The molecule has 0 radical (unpaired) electrons. The van der Waals surface area contributed by atoms with Crippen molar-refractivity contribution in [2.45, 2.75) is 20.5 Å². The molecule has 1 aliphatic heterocycles. The topological polar surface area (TPSA) is 57.1 Å². The van der Waals surface area contributed by atoms with Gasteiger partial charge in [0, 0.05) is 11.1 Å². The Labute approximate surface area is 154 Å². The van der Waals surface area contributed by atoms with Crippen LogP contribution in [-0.2, 0) is 9.53 Å². The van der Waals surface area contributed by atoms with Crippen molar-refractivity contribution in [2.24, 2.45) is 4.99 Å². The maximum absolute atomic E-state index is 12.7. The van der Waals surface area contributed by atoms with Crippen molar-refractivity contribution in [1.29, 1.82) is 0 Å². The van der Waals surface area contributed by atoms with Gasteiger partial charge in [-0.05, 0) is 38.1 Å². The first-order valence-electron chi connectivity index (χ1n) is 8.10. The van der Waals surface area contributed by atoms with Crippen molar-refractivity contribution in [3.63, 3.8) is 0 Å². The maximum Gasteiger partial charge on any atom is 0.387 e. The summed E-state index contributed by atoms with van der Waals surface area (Å²) in [7, 11) is 1.34. The molecular weight excluding hydrogens is 356 g/mol. The van der Waals surface area contributed by atoms with Crippen molar-refractivity contribution in [2.75, 3.05) is 7.11 Å². The predicted molar refractivity (Wildman–Crippen MR) is 96.1 cm³/mol. The minimum Gasteiger partial charge on any atom is -0.493 e. The number of rotatable bonds is 5. The number of hydrogen-bond donors (Lipinski definition) is 0. The van der Waals surface area contributed by atoms with Crippen molar-refractivity contribution in [3.05, 3.63) is 64.3 Å². The lowest BCUT2D eigenvalue weighted by Gasteiger charge is -2.12. The van der Waals surface area contributed by atoms with Gasteiger partial charge in [0.1, 0.15) is 0 Å². The van der Waals surface area contributed by atoms with Crippen molar-refractivity contribution in [1.82, 2.24) is 0 Å². The summed E-state index contributed by atoms with van der Waals surface area (Å²) in [5.41, 5.74) is 2.88. The standard InChI is InChI=1S/C20H17F2NO4/c1-11-7-12(2)9-14(8-11)18-23-15(19(24)27-18)10-13-5-4-6-16(25-3)17(13)26-20(21)22/h4-10,20H,1-3H3/b15-10-. The lowest BCUT2D eigenvalue weighted by molar-refractivity contribution is -0.129. The minimum absolute atomic E-state index is 0.0171. The highest BCUT2D eigenvalue weighted by Gasteiger charge is 2.25. The number of carbonyl (C=O) groups is 1. The Morgan fingerprint density at radius 3 is 2.48 bits per heavy atom. The molecular formula is C20H17F2NO4. The number of methoxy groups -OCH3 is 1. The van der Waals surface area contributed by atoms with E-state index in [-0.39, 0.29) is 28.7 Å². The van der Waals surface area contributed by atoms with E-state index in [1.54, 1.807) is 6.07 Å². The van der Waals surface area contributed by atoms with Crippen LogP contribution in [0, 0.1) is 13.8 Å². The van der Waals surface area contributed by atoms with Crippen LogP contribution in [0.1, 0.15) is 22.3 Å². The second kappa shape index (κ2) is 7.57. The summed E-state index contributed by atoms with van der Waals surface area (Å²) in [5, 5.41) is 0. The number of hydrogen-bond acceptors (Lipinski definition) is 5. The number of aryl methyl sites for hydroxylation is 2. The van der Waals surface area contributed by atoms with Gasteiger partial charge in [-0.25, -0.2) is 9.79 Å². The first kappa shape index (κ1) is 18.6. The summed E-state index contributed by atoms with van der Waals surface area (Å²) in [4.78, 5) is 16.4. The number of benzene rings is 2. The summed E-state index contributed by atoms with van der Waals surface area (Å²) >= 11 is 0. The zero-order valence-electron chi connectivity index (χ0n) is 15.0.